The van der Waals surface area contributed by atoms with Crippen LogP contribution in [0.15, 0.2) is 6.07 Å². The highest BCUT2D eigenvalue weighted by molar-refractivity contribution is 6.29. The molecule has 0 spiro atoms. The third-order valence-electron chi connectivity index (χ3n) is 2.23. The number of anilines is 1. The van der Waals surface area contributed by atoms with Gasteiger partial charge in [-0.05, 0) is 12.3 Å². The van der Waals surface area contributed by atoms with Crippen LogP contribution in [0.1, 0.15) is 33.0 Å². The summed E-state index contributed by atoms with van der Waals surface area (Å²) in [6.45, 7) is 7.46. The van der Waals surface area contributed by atoms with Gasteiger partial charge in [-0.1, -0.05) is 32.4 Å². The maximum atomic E-state index is 5.99. The van der Waals surface area contributed by atoms with Crippen LogP contribution >= 0.6 is 11.6 Å². The fourth-order valence-corrected chi connectivity index (χ4v) is 1.82. The van der Waals surface area contributed by atoms with E-state index in [2.05, 4.69) is 35.6 Å². The summed E-state index contributed by atoms with van der Waals surface area (Å²) in [5, 5.41) is 0.532. The van der Waals surface area contributed by atoms with Gasteiger partial charge in [0.1, 0.15) is 16.8 Å². The van der Waals surface area contributed by atoms with E-state index in [4.69, 9.17) is 11.6 Å². The summed E-state index contributed by atoms with van der Waals surface area (Å²) in [6.07, 6.45) is 1.91. The quantitative estimate of drug-likeness (QED) is 0.742. The SMILES string of the molecule is CCCc1nc(Cl)cc(N(C)CC(C)C)n1. The van der Waals surface area contributed by atoms with Crippen molar-refractivity contribution in [3.05, 3.63) is 17.0 Å². The molecule has 0 atom stereocenters. The minimum absolute atomic E-state index is 0.532. The average Bonchev–Trinajstić information content (AvgIpc) is 2.16. The van der Waals surface area contributed by atoms with E-state index in [0.29, 0.717) is 11.1 Å². The van der Waals surface area contributed by atoms with E-state index in [0.717, 1.165) is 31.0 Å². The molecule has 3 nitrogen and oxygen atoms in total. The molecule has 16 heavy (non-hydrogen) atoms. The molecule has 0 bridgehead atoms. The van der Waals surface area contributed by atoms with E-state index in [9.17, 15) is 0 Å². The van der Waals surface area contributed by atoms with Gasteiger partial charge in [-0.3, -0.25) is 0 Å². The number of nitrogens with zero attached hydrogens (tertiary/aromatic N) is 3. The van der Waals surface area contributed by atoms with Gasteiger partial charge >= 0.3 is 0 Å². The van der Waals surface area contributed by atoms with Crippen LogP contribution in [-0.2, 0) is 6.42 Å². The van der Waals surface area contributed by atoms with Crippen LogP contribution in [0, 0.1) is 5.92 Å². The topological polar surface area (TPSA) is 29.0 Å². The zero-order valence-electron chi connectivity index (χ0n) is 10.5. The first-order valence-electron chi connectivity index (χ1n) is 5.77. The van der Waals surface area contributed by atoms with E-state index >= 15 is 0 Å². The van der Waals surface area contributed by atoms with Gasteiger partial charge in [-0.2, -0.15) is 0 Å². The second-order valence-electron chi connectivity index (χ2n) is 4.49. The molecule has 0 fully saturated rings. The lowest BCUT2D eigenvalue weighted by molar-refractivity contribution is 0.632. The van der Waals surface area contributed by atoms with Crippen molar-refractivity contribution in [1.29, 1.82) is 0 Å². The lowest BCUT2D eigenvalue weighted by atomic mass is 10.2. The molecule has 0 unspecified atom stereocenters. The minimum Gasteiger partial charge on any atom is -0.359 e. The van der Waals surface area contributed by atoms with Crippen LogP contribution < -0.4 is 4.90 Å². The largest absolute Gasteiger partial charge is 0.359 e. The van der Waals surface area contributed by atoms with Crippen LogP contribution in [-0.4, -0.2) is 23.6 Å². The normalized spacial score (nSPS) is 10.9. The molecule has 0 radical (unpaired) electrons. The second-order valence-corrected chi connectivity index (χ2v) is 4.88. The van der Waals surface area contributed by atoms with Gasteiger partial charge < -0.3 is 4.90 Å². The summed E-state index contributed by atoms with van der Waals surface area (Å²) in [5.41, 5.74) is 0. The molecule has 1 heterocycles. The number of hydrogen-bond acceptors (Lipinski definition) is 3. The Labute approximate surface area is 103 Å². The second kappa shape index (κ2) is 6.04. The third kappa shape index (κ3) is 3.97. The zero-order valence-corrected chi connectivity index (χ0v) is 11.3. The Morgan fingerprint density at radius 1 is 1.38 bits per heavy atom. The highest BCUT2D eigenvalue weighted by Gasteiger charge is 2.08. The molecule has 4 heteroatoms. The van der Waals surface area contributed by atoms with Gasteiger partial charge in [-0.25, -0.2) is 9.97 Å². The van der Waals surface area contributed by atoms with Gasteiger partial charge in [0.25, 0.3) is 0 Å². The van der Waals surface area contributed by atoms with Crippen molar-refractivity contribution in [2.75, 3.05) is 18.5 Å². The average molecular weight is 242 g/mol. The van der Waals surface area contributed by atoms with Gasteiger partial charge in [0.15, 0.2) is 0 Å². The first-order chi connectivity index (χ1) is 7.52. The van der Waals surface area contributed by atoms with E-state index in [1.165, 1.54) is 0 Å². The summed E-state index contributed by atoms with van der Waals surface area (Å²) in [7, 11) is 2.04. The lowest BCUT2D eigenvalue weighted by Crippen LogP contribution is -2.24. The number of aryl methyl sites for hydroxylation is 1. The van der Waals surface area contributed by atoms with Crippen molar-refractivity contribution in [2.45, 2.75) is 33.6 Å². The van der Waals surface area contributed by atoms with Crippen LogP contribution in [0.3, 0.4) is 0 Å². The van der Waals surface area contributed by atoms with E-state index in [1.54, 1.807) is 0 Å². The number of rotatable bonds is 5. The van der Waals surface area contributed by atoms with E-state index in [-0.39, 0.29) is 0 Å². The fourth-order valence-electron chi connectivity index (χ4n) is 1.62. The monoisotopic (exact) mass is 241 g/mol. The summed E-state index contributed by atoms with van der Waals surface area (Å²) in [5.74, 6) is 2.35. The summed E-state index contributed by atoms with van der Waals surface area (Å²) in [4.78, 5) is 10.8. The van der Waals surface area contributed by atoms with Gasteiger partial charge in [0, 0.05) is 26.1 Å². The molecule has 1 aromatic rings. The lowest BCUT2D eigenvalue weighted by Gasteiger charge is -2.20. The van der Waals surface area contributed by atoms with Gasteiger partial charge in [0.2, 0.25) is 0 Å². The molecule has 0 aromatic carbocycles. The Morgan fingerprint density at radius 2 is 2.06 bits per heavy atom. The first kappa shape index (κ1) is 13.2. The predicted molar refractivity (Wildman–Crippen MR) is 69.1 cm³/mol. The van der Waals surface area contributed by atoms with Crippen LogP contribution in [0.2, 0.25) is 5.15 Å². The summed E-state index contributed by atoms with van der Waals surface area (Å²) < 4.78 is 0. The van der Waals surface area contributed by atoms with E-state index in [1.807, 2.05) is 13.1 Å². The molecule has 0 amide bonds. The minimum atomic E-state index is 0.532. The molecular formula is C12H20ClN3. The van der Waals surface area contributed by atoms with Crippen LogP contribution in [0.4, 0.5) is 5.82 Å². The molecule has 0 aliphatic heterocycles. The predicted octanol–water partition coefficient (Wildman–Crippen LogP) is 3.17. The molecule has 1 rings (SSSR count). The Hall–Kier alpha value is -0.830. The molecule has 0 N–H and O–H groups in total. The Bertz CT molecular complexity index is 339. The third-order valence-corrected chi connectivity index (χ3v) is 2.43. The van der Waals surface area contributed by atoms with Crippen LogP contribution in [0.5, 0.6) is 0 Å². The zero-order chi connectivity index (χ0) is 12.1. The highest BCUT2D eigenvalue weighted by atomic mass is 35.5. The Balaban J connectivity index is 2.86. The molecule has 90 valence electrons. The van der Waals surface area contributed by atoms with Crippen molar-refractivity contribution in [3.63, 3.8) is 0 Å². The number of halogens is 1. The molecule has 0 saturated heterocycles. The smallest absolute Gasteiger partial charge is 0.134 e. The van der Waals surface area contributed by atoms with E-state index < -0.39 is 0 Å². The van der Waals surface area contributed by atoms with Crippen molar-refractivity contribution < 1.29 is 0 Å². The highest BCUT2D eigenvalue weighted by Crippen LogP contribution is 2.16. The Morgan fingerprint density at radius 3 is 2.62 bits per heavy atom. The van der Waals surface area contributed by atoms with Gasteiger partial charge in [0.05, 0.1) is 0 Å². The Kier molecular flexibility index (Phi) is 5.00. The molecule has 1 aromatic heterocycles. The fraction of sp³-hybridized carbons (Fsp3) is 0.667. The summed E-state index contributed by atoms with van der Waals surface area (Å²) >= 11 is 5.99. The standard InChI is InChI=1S/C12H20ClN3/c1-5-6-11-14-10(13)7-12(15-11)16(4)8-9(2)3/h7,9H,5-6,8H2,1-4H3. The maximum absolute atomic E-state index is 5.99. The summed E-state index contributed by atoms with van der Waals surface area (Å²) in [6, 6.07) is 1.82. The van der Waals surface area contributed by atoms with Gasteiger partial charge in [-0.15, -0.1) is 0 Å². The van der Waals surface area contributed by atoms with Crippen molar-refractivity contribution >= 4 is 17.4 Å². The van der Waals surface area contributed by atoms with Crippen molar-refractivity contribution in [2.24, 2.45) is 5.92 Å². The number of hydrogen-bond donors (Lipinski definition) is 0. The van der Waals surface area contributed by atoms with Crippen LogP contribution in [0.25, 0.3) is 0 Å². The van der Waals surface area contributed by atoms with Crippen molar-refractivity contribution in [3.8, 4) is 0 Å². The molecular weight excluding hydrogens is 222 g/mol. The molecule has 0 aliphatic rings. The maximum Gasteiger partial charge on any atom is 0.134 e. The molecule has 0 saturated carbocycles. The number of aromatic nitrogens is 2. The van der Waals surface area contributed by atoms with Crippen molar-refractivity contribution in [1.82, 2.24) is 9.97 Å². The molecule has 0 aliphatic carbocycles. The first-order valence-corrected chi connectivity index (χ1v) is 6.15.